The van der Waals surface area contributed by atoms with E-state index in [-0.39, 0.29) is 17.9 Å². The van der Waals surface area contributed by atoms with Crippen molar-refractivity contribution in [2.75, 3.05) is 6.61 Å². The molecule has 1 N–H and O–H groups in total. The summed E-state index contributed by atoms with van der Waals surface area (Å²) >= 11 is 0. The summed E-state index contributed by atoms with van der Waals surface area (Å²) in [5.41, 5.74) is 0. The fourth-order valence-electron chi connectivity index (χ4n) is 1.55. The first-order chi connectivity index (χ1) is 5.75. The quantitative estimate of drug-likeness (QED) is 0.660. The van der Waals surface area contributed by atoms with Gasteiger partial charge in [0.15, 0.2) is 0 Å². The summed E-state index contributed by atoms with van der Waals surface area (Å²) in [7, 11) is 0. The normalized spacial score (nSPS) is 35.1. The fourth-order valence-corrected chi connectivity index (χ4v) is 1.55. The number of amides is 1. The van der Waals surface area contributed by atoms with E-state index in [1.165, 1.54) is 0 Å². The van der Waals surface area contributed by atoms with Crippen LogP contribution < -0.4 is 5.32 Å². The molecule has 68 valence electrons. The molecule has 0 radical (unpaired) electrons. The zero-order chi connectivity index (χ0) is 8.55. The zero-order valence-corrected chi connectivity index (χ0v) is 7.38. The number of hydrogen-bond donors (Lipinski definition) is 1. The van der Waals surface area contributed by atoms with E-state index in [0.717, 1.165) is 19.3 Å². The minimum atomic E-state index is 0.112. The largest absolute Gasteiger partial charge is 0.378 e. The van der Waals surface area contributed by atoms with Crippen molar-refractivity contribution in [1.29, 1.82) is 0 Å². The standard InChI is InChI=1S/C9H15NO2/c1-6-4-7(5-12-6)9(11)10-8-2-3-8/h6-8H,2-5H2,1H3,(H,10,11). The van der Waals surface area contributed by atoms with E-state index >= 15 is 0 Å². The highest BCUT2D eigenvalue weighted by atomic mass is 16.5. The van der Waals surface area contributed by atoms with Gasteiger partial charge in [0, 0.05) is 6.04 Å². The molecule has 2 aliphatic rings. The molecule has 0 bridgehead atoms. The second kappa shape index (κ2) is 3.05. The van der Waals surface area contributed by atoms with E-state index in [4.69, 9.17) is 4.74 Å². The lowest BCUT2D eigenvalue weighted by atomic mass is 10.1. The molecule has 0 aromatic carbocycles. The molecule has 1 heterocycles. The van der Waals surface area contributed by atoms with Crippen molar-refractivity contribution >= 4 is 5.91 Å². The third kappa shape index (κ3) is 1.78. The Balaban J connectivity index is 1.79. The number of nitrogens with one attached hydrogen (secondary N) is 1. The average Bonchev–Trinajstić information content (AvgIpc) is 2.72. The predicted octanol–water partition coefficient (Wildman–Crippen LogP) is 0.690. The van der Waals surface area contributed by atoms with Gasteiger partial charge >= 0.3 is 0 Å². The predicted molar refractivity (Wildman–Crippen MR) is 44.7 cm³/mol. The number of rotatable bonds is 2. The molecule has 12 heavy (non-hydrogen) atoms. The van der Waals surface area contributed by atoms with Crippen LogP contribution in [0.3, 0.4) is 0 Å². The Hall–Kier alpha value is -0.570. The van der Waals surface area contributed by atoms with E-state index in [0.29, 0.717) is 12.6 Å². The molecule has 2 unspecified atom stereocenters. The molecule has 2 atom stereocenters. The van der Waals surface area contributed by atoms with Gasteiger partial charge in [-0.3, -0.25) is 4.79 Å². The van der Waals surface area contributed by atoms with Crippen LogP contribution >= 0.6 is 0 Å². The van der Waals surface area contributed by atoms with Crippen molar-refractivity contribution in [3.05, 3.63) is 0 Å². The zero-order valence-electron chi connectivity index (χ0n) is 7.38. The van der Waals surface area contributed by atoms with Crippen LogP contribution in [0.1, 0.15) is 26.2 Å². The monoisotopic (exact) mass is 169 g/mol. The summed E-state index contributed by atoms with van der Waals surface area (Å²) in [6, 6.07) is 0.480. The highest BCUT2D eigenvalue weighted by Gasteiger charge is 2.31. The highest BCUT2D eigenvalue weighted by Crippen LogP contribution is 2.23. The van der Waals surface area contributed by atoms with Crippen LogP contribution in [0.2, 0.25) is 0 Å². The third-order valence-corrected chi connectivity index (χ3v) is 2.49. The van der Waals surface area contributed by atoms with Crippen LogP contribution in [-0.2, 0) is 9.53 Å². The maximum atomic E-state index is 11.5. The number of carbonyl (C=O) groups is 1. The minimum absolute atomic E-state index is 0.112. The molecule has 3 nitrogen and oxygen atoms in total. The average molecular weight is 169 g/mol. The third-order valence-electron chi connectivity index (χ3n) is 2.49. The SMILES string of the molecule is CC1CC(C(=O)NC2CC2)CO1. The second-order valence-electron chi connectivity index (χ2n) is 3.86. The highest BCUT2D eigenvalue weighted by molar-refractivity contribution is 5.79. The molecule has 0 aromatic rings. The first-order valence-corrected chi connectivity index (χ1v) is 4.67. The van der Waals surface area contributed by atoms with E-state index in [9.17, 15) is 4.79 Å². The Bertz CT molecular complexity index is 189. The number of carbonyl (C=O) groups excluding carboxylic acids is 1. The summed E-state index contributed by atoms with van der Waals surface area (Å²) in [6.45, 7) is 2.63. The molecule has 0 spiro atoms. The van der Waals surface area contributed by atoms with Crippen LogP contribution in [0.5, 0.6) is 0 Å². The summed E-state index contributed by atoms with van der Waals surface area (Å²) in [4.78, 5) is 11.5. The minimum Gasteiger partial charge on any atom is -0.378 e. The second-order valence-corrected chi connectivity index (χ2v) is 3.86. The van der Waals surface area contributed by atoms with Crippen molar-refractivity contribution in [3.63, 3.8) is 0 Å². The van der Waals surface area contributed by atoms with E-state index in [2.05, 4.69) is 5.32 Å². The van der Waals surface area contributed by atoms with Crippen LogP contribution in [0.25, 0.3) is 0 Å². The number of ether oxygens (including phenoxy) is 1. The van der Waals surface area contributed by atoms with Crippen molar-refractivity contribution in [3.8, 4) is 0 Å². The van der Waals surface area contributed by atoms with Gasteiger partial charge in [-0.1, -0.05) is 0 Å². The molecular weight excluding hydrogens is 154 g/mol. The lowest BCUT2D eigenvalue weighted by Gasteiger charge is -2.07. The smallest absolute Gasteiger partial charge is 0.225 e. The lowest BCUT2D eigenvalue weighted by Crippen LogP contribution is -2.32. The van der Waals surface area contributed by atoms with Crippen molar-refractivity contribution in [2.24, 2.45) is 5.92 Å². The van der Waals surface area contributed by atoms with Gasteiger partial charge in [0.25, 0.3) is 0 Å². The van der Waals surface area contributed by atoms with Gasteiger partial charge in [-0.25, -0.2) is 0 Å². The van der Waals surface area contributed by atoms with Crippen LogP contribution in [-0.4, -0.2) is 24.7 Å². The molecule has 0 aromatic heterocycles. The Labute approximate surface area is 72.5 Å². The number of hydrogen-bond acceptors (Lipinski definition) is 2. The van der Waals surface area contributed by atoms with Gasteiger partial charge in [0.1, 0.15) is 0 Å². The van der Waals surface area contributed by atoms with Crippen molar-refractivity contribution in [2.45, 2.75) is 38.3 Å². The summed E-state index contributed by atoms with van der Waals surface area (Å²) < 4.78 is 5.33. The van der Waals surface area contributed by atoms with Crippen LogP contribution in [0.15, 0.2) is 0 Å². The topological polar surface area (TPSA) is 38.3 Å². The van der Waals surface area contributed by atoms with Gasteiger partial charge in [0.05, 0.1) is 18.6 Å². The van der Waals surface area contributed by atoms with Gasteiger partial charge in [-0.15, -0.1) is 0 Å². The molecular formula is C9H15NO2. The summed E-state index contributed by atoms with van der Waals surface area (Å²) in [5, 5.41) is 3.00. The van der Waals surface area contributed by atoms with Crippen molar-refractivity contribution in [1.82, 2.24) is 5.32 Å². The van der Waals surface area contributed by atoms with Crippen LogP contribution in [0.4, 0.5) is 0 Å². The van der Waals surface area contributed by atoms with Gasteiger partial charge < -0.3 is 10.1 Å². The first kappa shape index (κ1) is 8.05. The Morgan fingerprint density at radius 1 is 1.50 bits per heavy atom. The molecule has 2 rings (SSSR count). The maximum Gasteiger partial charge on any atom is 0.225 e. The molecule has 2 fully saturated rings. The molecule has 1 saturated heterocycles. The maximum absolute atomic E-state index is 11.5. The Morgan fingerprint density at radius 2 is 2.25 bits per heavy atom. The lowest BCUT2D eigenvalue weighted by molar-refractivity contribution is -0.125. The Morgan fingerprint density at radius 3 is 2.75 bits per heavy atom. The van der Waals surface area contributed by atoms with Crippen molar-refractivity contribution < 1.29 is 9.53 Å². The molecule has 1 aliphatic carbocycles. The molecule has 1 aliphatic heterocycles. The summed E-state index contributed by atoms with van der Waals surface area (Å²) in [5.74, 6) is 0.308. The molecule has 1 saturated carbocycles. The van der Waals surface area contributed by atoms with E-state index in [1.807, 2.05) is 6.92 Å². The summed E-state index contributed by atoms with van der Waals surface area (Å²) in [6.07, 6.45) is 3.47. The van der Waals surface area contributed by atoms with Gasteiger partial charge in [0.2, 0.25) is 5.91 Å². The molecule has 3 heteroatoms. The van der Waals surface area contributed by atoms with E-state index in [1.54, 1.807) is 0 Å². The first-order valence-electron chi connectivity index (χ1n) is 4.67. The van der Waals surface area contributed by atoms with Gasteiger partial charge in [-0.2, -0.15) is 0 Å². The van der Waals surface area contributed by atoms with E-state index < -0.39 is 0 Å². The van der Waals surface area contributed by atoms with Gasteiger partial charge in [-0.05, 0) is 26.2 Å². The fraction of sp³-hybridized carbons (Fsp3) is 0.889. The molecule has 1 amide bonds. The van der Waals surface area contributed by atoms with Crippen LogP contribution in [0, 0.1) is 5.92 Å². The Kier molecular flexibility index (Phi) is 2.05.